The van der Waals surface area contributed by atoms with E-state index >= 15 is 0 Å². The number of hydrogen-bond acceptors (Lipinski definition) is 2. The average molecular weight is 187 g/mol. The van der Waals surface area contributed by atoms with Gasteiger partial charge in [0.05, 0.1) is 18.2 Å². The van der Waals surface area contributed by atoms with E-state index in [1.807, 2.05) is 12.1 Å². The molecule has 1 aromatic carbocycles. The number of nitrogens with zero attached hydrogens (tertiary/aromatic N) is 1. The van der Waals surface area contributed by atoms with Crippen molar-refractivity contribution in [3.63, 3.8) is 0 Å². The minimum absolute atomic E-state index is 0.680. The van der Waals surface area contributed by atoms with Crippen LogP contribution in [0.25, 0.3) is 0 Å². The highest BCUT2D eigenvalue weighted by molar-refractivity contribution is 5.34. The van der Waals surface area contributed by atoms with E-state index < -0.39 is 0 Å². The first-order chi connectivity index (χ1) is 6.88. The SMILES string of the molecule is N#Cc1ccc(OCCC2CC2)cc1. The Bertz CT molecular complexity index is 332. The zero-order valence-corrected chi connectivity index (χ0v) is 8.07. The summed E-state index contributed by atoms with van der Waals surface area (Å²) in [5.74, 6) is 1.78. The topological polar surface area (TPSA) is 33.0 Å². The van der Waals surface area contributed by atoms with E-state index in [0.717, 1.165) is 18.3 Å². The molecule has 1 fully saturated rings. The van der Waals surface area contributed by atoms with Crippen LogP contribution in [-0.4, -0.2) is 6.61 Å². The summed E-state index contributed by atoms with van der Waals surface area (Å²) >= 11 is 0. The van der Waals surface area contributed by atoms with Crippen molar-refractivity contribution in [2.45, 2.75) is 19.3 Å². The van der Waals surface area contributed by atoms with E-state index in [2.05, 4.69) is 6.07 Å². The highest BCUT2D eigenvalue weighted by atomic mass is 16.5. The van der Waals surface area contributed by atoms with E-state index in [4.69, 9.17) is 10.00 Å². The van der Waals surface area contributed by atoms with E-state index in [-0.39, 0.29) is 0 Å². The van der Waals surface area contributed by atoms with E-state index in [1.165, 1.54) is 19.3 Å². The Morgan fingerprint density at radius 3 is 2.57 bits per heavy atom. The van der Waals surface area contributed by atoms with E-state index in [0.29, 0.717) is 5.56 Å². The van der Waals surface area contributed by atoms with Crippen molar-refractivity contribution >= 4 is 0 Å². The van der Waals surface area contributed by atoms with Crippen molar-refractivity contribution < 1.29 is 4.74 Å². The molecule has 0 saturated heterocycles. The fourth-order valence-electron chi connectivity index (χ4n) is 1.38. The quantitative estimate of drug-likeness (QED) is 0.726. The third kappa shape index (κ3) is 2.50. The number of ether oxygens (including phenoxy) is 1. The molecule has 0 amide bonds. The van der Waals surface area contributed by atoms with Crippen LogP contribution in [-0.2, 0) is 0 Å². The molecule has 0 radical (unpaired) electrons. The molecule has 0 heterocycles. The van der Waals surface area contributed by atoms with Crippen LogP contribution >= 0.6 is 0 Å². The van der Waals surface area contributed by atoms with Gasteiger partial charge >= 0.3 is 0 Å². The molecule has 0 spiro atoms. The van der Waals surface area contributed by atoms with Gasteiger partial charge in [-0.25, -0.2) is 0 Å². The standard InChI is InChI=1S/C12H13NO/c13-9-11-3-5-12(6-4-11)14-8-7-10-1-2-10/h3-6,10H,1-2,7-8H2. The predicted octanol–water partition coefficient (Wildman–Crippen LogP) is 2.74. The van der Waals surface area contributed by atoms with Crippen LogP contribution in [0.1, 0.15) is 24.8 Å². The van der Waals surface area contributed by atoms with Crippen LogP contribution in [0.4, 0.5) is 0 Å². The smallest absolute Gasteiger partial charge is 0.119 e. The molecule has 2 nitrogen and oxygen atoms in total. The summed E-state index contributed by atoms with van der Waals surface area (Å²) in [4.78, 5) is 0. The molecular formula is C12H13NO. The minimum Gasteiger partial charge on any atom is -0.494 e. The van der Waals surface area contributed by atoms with Crippen LogP contribution in [0, 0.1) is 17.2 Å². The number of benzene rings is 1. The van der Waals surface area contributed by atoms with Gasteiger partial charge in [-0.15, -0.1) is 0 Å². The molecule has 0 aliphatic heterocycles. The van der Waals surface area contributed by atoms with Gasteiger partial charge in [-0.05, 0) is 36.6 Å². The third-order valence-electron chi connectivity index (χ3n) is 2.48. The van der Waals surface area contributed by atoms with Crippen molar-refractivity contribution in [3.8, 4) is 11.8 Å². The van der Waals surface area contributed by atoms with Crippen molar-refractivity contribution in [2.75, 3.05) is 6.61 Å². The van der Waals surface area contributed by atoms with Gasteiger partial charge < -0.3 is 4.74 Å². The lowest BCUT2D eigenvalue weighted by atomic mass is 10.2. The van der Waals surface area contributed by atoms with Crippen LogP contribution in [0.3, 0.4) is 0 Å². The number of rotatable bonds is 4. The maximum Gasteiger partial charge on any atom is 0.119 e. The molecule has 1 saturated carbocycles. The summed E-state index contributed by atoms with van der Waals surface area (Å²) in [6.45, 7) is 0.802. The molecule has 14 heavy (non-hydrogen) atoms. The summed E-state index contributed by atoms with van der Waals surface area (Å²) < 4.78 is 5.55. The van der Waals surface area contributed by atoms with Crippen LogP contribution < -0.4 is 4.74 Å². The van der Waals surface area contributed by atoms with Crippen molar-refractivity contribution in [3.05, 3.63) is 29.8 Å². The molecule has 0 aromatic heterocycles. The van der Waals surface area contributed by atoms with E-state index in [9.17, 15) is 0 Å². The highest BCUT2D eigenvalue weighted by Gasteiger charge is 2.20. The van der Waals surface area contributed by atoms with Gasteiger partial charge in [-0.3, -0.25) is 0 Å². The molecule has 1 aromatic rings. The average Bonchev–Trinajstić information content (AvgIpc) is 3.03. The van der Waals surface area contributed by atoms with Crippen molar-refractivity contribution in [1.82, 2.24) is 0 Å². The van der Waals surface area contributed by atoms with Gasteiger partial charge in [0.2, 0.25) is 0 Å². The maximum atomic E-state index is 8.59. The lowest BCUT2D eigenvalue weighted by Crippen LogP contribution is -1.97. The summed E-state index contributed by atoms with van der Waals surface area (Å²) in [6, 6.07) is 9.36. The number of nitriles is 1. The molecular weight excluding hydrogens is 174 g/mol. The van der Waals surface area contributed by atoms with Crippen molar-refractivity contribution in [2.24, 2.45) is 5.92 Å². The first kappa shape index (κ1) is 9.08. The molecule has 2 heteroatoms. The van der Waals surface area contributed by atoms with Crippen LogP contribution in [0.2, 0.25) is 0 Å². The van der Waals surface area contributed by atoms with Crippen LogP contribution in [0.5, 0.6) is 5.75 Å². The van der Waals surface area contributed by atoms with Crippen molar-refractivity contribution in [1.29, 1.82) is 5.26 Å². The van der Waals surface area contributed by atoms with Gasteiger partial charge in [-0.1, -0.05) is 12.8 Å². The Hall–Kier alpha value is -1.49. The Kier molecular flexibility index (Phi) is 2.69. The predicted molar refractivity (Wildman–Crippen MR) is 54.0 cm³/mol. The molecule has 72 valence electrons. The lowest BCUT2D eigenvalue weighted by molar-refractivity contribution is 0.302. The molecule has 0 atom stereocenters. The Morgan fingerprint density at radius 1 is 1.29 bits per heavy atom. The molecule has 1 aliphatic carbocycles. The second kappa shape index (κ2) is 4.15. The van der Waals surface area contributed by atoms with Gasteiger partial charge in [0.15, 0.2) is 0 Å². The summed E-state index contributed by atoms with van der Waals surface area (Å²) in [5.41, 5.74) is 0.680. The van der Waals surface area contributed by atoms with Gasteiger partial charge in [0, 0.05) is 0 Å². The second-order valence-corrected chi connectivity index (χ2v) is 3.72. The Balaban J connectivity index is 1.80. The monoisotopic (exact) mass is 187 g/mol. The zero-order valence-electron chi connectivity index (χ0n) is 8.07. The molecule has 2 rings (SSSR count). The molecule has 0 N–H and O–H groups in total. The van der Waals surface area contributed by atoms with E-state index in [1.54, 1.807) is 12.1 Å². The summed E-state index contributed by atoms with van der Waals surface area (Å²) in [5, 5.41) is 8.59. The summed E-state index contributed by atoms with van der Waals surface area (Å²) in [6.07, 6.45) is 3.91. The summed E-state index contributed by atoms with van der Waals surface area (Å²) in [7, 11) is 0. The number of hydrogen-bond donors (Lipinski definition) is 0. The minimum atomic E-state index is 0.680. The highest BCUT2D eigenvalue weighted by Crippen LogP contribution is 2.32. The van der Waals surface area contributed by atoms with Gasteiger partial charge in [-0.2, -0.15) is 5.26 Å². The molecule has 0 unspecified atom stereocenters. The molecule has 0 bridgehead atoms. The second-order valence-electron chi connectivity index (χ2n) is 3.72. The largest absolute Gasteiger partial charge is 0.494 e. The fourth-order valence-corrected chi connectivity index (χ4v) is 1.38. The van der Waals surface area contributed by atoms with Gasteiger partial charge in [0.1, 0.15) is 5.75 Å². The van der Waals surface area contributed by atoms with Crippen LogP contribution in [0.15, 0.2) is 24.3 Å². The maximum absolute atomic E-state index is 8.59. The zero-order chi connectivity index (χ0) is 9.80. The Morgan fingerprint density at radius 2 is 2.00 bits per heavy atom. The van der Waals surface area contributed by atoms with Gasteiger partial charge in [0.25, 0.3) is 0 Å². The lowest BCUT2D eigenvalue weighted by Gasteiger charge is -2.04. The third-order valence-corrected chi connectivity index (χ3v) is 2.48. The molecule has 1 aliphatic rings. The first-order valence-electron chi connectivity index (χ1n) is 5.01. The first-order valence-corrected chi connectivity index (χ1v) is 5.01. The fraction of sp³-hybridized carbons (Fsp3) is 0.417. The normalized spacial score (nSPS) is 14.8. The Labute approximate surface area is 84.1 Å².